The van der Waals surface area contributed by atoms with Crippen LogP contribution in [-0.2, 0) is 14.6 Å². The van der Waals surface area contributed by atoms with Gasteiger partial charge in [0.25, 0.3) is 5.91 Å². The minimum Gasteiger partial charge on any atom is -0.405 e. The Labute approximate surface area is 132 Å². The van der Waals surface area contributed by atoms with Gasteiger partial charge in [-0.15, -0.1) is 5.10 Å². The molecule has 0 aliphatic carbocycles. The van der Waals surface area contributed by atoms with Gasteiger partial charge in [0, 0.05) is 18.4 Å². The van der Waals surface area contributed by atoms with E-state index in [-0.39, 0.29) is 22.6 Å². The molecule has 1 saturated heterocycles. The third kappa shape index (κ3) is 3.57. The number of anilines is 1. The highest BCUT2D eigenvalue weighted by molar-refractivity contribution is 7.90. The average molecular weight is 337 g/mol. The molecule has 1 amide bonds. The Morgan fingerprint density at radius 2 is 2.00 bits per heavy atom. The molecule has 0 unspecified atom stereocenters. The van der Waals surface area contributed by atoms with E-state index in [1.165, 1.54) is 24.3 Å². The summed E-state index contributed by atoms with van der Waals surface area (Å²) in [7, 11) is -3.30. The Kier molecular flexibility index (Phi) is 4.14. The molecular weight excluding hydrogens is 322 g/mol. The van der Waals surface area contributed by atoms with Crippen molar-refractivity contribution in [3.05, 3.63) is 35.7 Å². The zero-order chi connectivity index (χ0) is 16.4. The number of carbonyl (C=O) groups excluding carboxylic acids is 1. The zero-order valence-electron chi connectivity index (χ0n) is 12.4. The minimum absolute atomic E-state index is 0.0207. The van der Waals surface area contributed by atoms with E-state index in [1.807, 2.05) is 0 Å². The number of rotatable bonds is 4. The quantitative estimate of drug-likeness (QED) is 0.901. The van der Waals surface area contributed by atoms with Gasteiger partial charge >= 0.3 is 6.01 Å². The van der Waals surface area contributed by atoms with Crippen LogP contribution in [0, 0.1) is 0 Å². The molecule has 2 heterocycles. The van der Waals surface area contributed by atoms with Crippen molar-refractivity contribution in [2.24, 2.45) is 0 Å². The summed E-state index contributed by atoms with van der Waals surface area (Å²) >= 11 is 0. The van der Waals surface area contributed by atoms with Gasteiger partial charge in [-0.05, 0) is 37.1 Å². The molecule has 0 spiro atoms. The van der Waals surface area contributed by atoms with Crippen LogP contribution in [0.1, 0.15) is 35.2 Å². The number of sulfone groups is 1. The summed E-state index contributed by atoms with van der Waals surface area (Å²) in [5, 5.41) is 10.1. The Morgan fingerprint density at radius 1 is 1.26 bits per heavy atom. The molecule has 1 aliphatic rings. The van der Waals surface area contributed by atoms with Gasteiger partial charge in [-0.1, -0.05) is 5.10 Å². The Bertz CT molecular complexity index is 807. The summed E-state index contributed by atoms with van der Waals surface area (Å²) in [5.41, 5.74) is 0.286. The van der Waals surface area contributed by atoms with E-state index in [0.29, 0.717) is 12.5 Å². The number of hydrogen-bond acceptors (Lipinski definition) is 7. The second-order valence-corrected chi connectivity index (χ2v) is 7.21. The molecule has 9 heteroatoms. The van der Waals surface area contributed by atoms with Gasteiger partial charge in [0.2, 0.25) is 5.89 Å². The first-order valence-electron chi connectivity index (χ1n) is 7.00. The number of ether oxygens (including phenoxy) is 1. The van der Waals surface area contributed by atoms with E-state index in [9.17, 15) is 13.2 Å². The predicted molar refractivity (Wildman–Crippen MR) is 79.7 cm³/mol. The van der Waals surface area contributed by atoms with Crippen LogP contribution in [0.25, 0.3) is 0 Å². The van der Waals surface area contributed by atoms with Gasteiger partial charge in [-0.2, -0.15) is 0 Å². The van der Waals surface area contributed by atoms with E-state index < -0.39 is 15.7 Å². The van der Waals surface area contributed by atoms with Crippen molar-refractivity contribution >= 4 is 21.8 Å². The normalized spacial score (nSPS) is 18.0. The van der Waals surface area contributed by atoms with Crippen molar-refractivity contribution in [3.8, 4) is 0 Å². The lowest BCUT2D eigenvalue weighted by Crippen LogP contribution is -2.12. The fourth-order valence-corrected chi connectivity index (χ4v) is 2.84. The van der Waals surface area contributed by atoms with Crippen molar-refractivity contribution in [1.29, 1.82) is 0 Å². The molecule has 0 saturated carbocycles. The van der Waals surface area contributed by atoms with E-state index in [1.54, 1.807) is 0 Å². The van der Waals surface area contributed by atoms with Crippen molar-refractivity contribution in [3.63, 3.8) is 0 Å². The van der Waals surface area contributed by atoms with Gasteiger partial charge in [0.15, 0.2) is 9.84 Å². The van der Waals surface area contributed by atoms with Crippen molar-refractivity contribution in [1.82, 2.24) is 10.2 Å². The molecule has 1 aromatic heterocycles. The first-order chi connectivity index (χ1) is 10.9. The van der Waals surface area contributed by atoms with Crippen LogP contribution < -0.4 is 5.32 Å². The van der Waals surface area contributed by atoms with Crippen molar-refractivity contribution in [2.45, 2.75) is 23.8 Å². The summed E-state index contributed by atoms with van der Waals surface area (Å²) in [6.07, 6.45) is 2.62. The number of benzene rings is 1. The first-order valence-corrected chi connectivity index (χ1v) is 8.89. The first kappa shape index (κ1) is 15.6. The van der Waals surface area contributed by atoms with Crippen LogP contribution in [0.2, 0.25) is 0 Å². The Hall–Kier alpha value is -2.26. The lowest BCUT2D eigenvalue weighted by molar-refractivity contribution is 0.0893. The summed E-state index contributed by atoms with van der Waals surface area (Å²) in [6.45, 7) is 0.654. The van der Waals surface area contributed by atoms with E-state index in [4.69, 9.17) is 9.15 Å². The van der Waals surface area contributed by atoms with Crippen molar-refractivity contribution in [2.75, 3.05) is 18.2 Å². The molecule has 2 aromatic rings. The van der Waals surface area contributed by atoms with Crippen LogP contribution in [0.3, 0.4) is 0 Å². The maximum atomic E-state index is 12.1. The number of amides is 1. The van der Waals surface area contributed by atoms with Crippen molar-refractivity contribution < 1.29 is 22.4 Å². The van der Waals surface area contributed by atoms with E-state index in [2.05, 4.69) is 15.5 Å². The molecule has 1 atom stereocenters. The fourth-order valence-electron chi connectivity index (χ4n) is 2.21. The number of hydrogen-bond donors (Lipinski definition) is 1. The maximum Gasteiger partial charge on any atom is 0.322 e. The second kappa shape index (κ2) is 6.09. The van der Waals surface area contributed by atoms with E-state index in [0.717, 1.165) is 19.1 Å². The SMILES string of the molecule is CS(=O)(=O)c1ccc(C(=O)Nc2nnc([C@@H]3CCCO3)o2)cc1. The van der Waals surface area contributed by atoms with Gasteiger partial charge in [-0.3, -0.25) is 10.1 Å². The third-order valence-electron chi connectivity index (χ3n) is 3.41. The van der Waals surface area contributed by atoms with Crippen LogP contribution in [0.15, 0.2) is 33.6 Å². The summed E-state index contributed by atoms with van der Waals surface area (Å²) in [4.78, 5) is 12.2. The number of aromatic nitrogens is 2. The smallest absolute Gasteiger partial charge is 0.322 e. The minimum atomic E-state index is -3.30. The highest BCUT2D eigenvalue weighted by Crippen LogP contribution is 2.28. The average Bonchev–Trinajstić information content (AvgIpc) is 3.17. The fraction of sp³-hybridized carbons (Fsp3) is 0.357. The largest absolute Gasteiger partial charge is 0.405 e. The Morgan fingerprint density at radius 3 is 2.61 bits per heavy atom. The zero-order valence-corrected chi connectivity index (χ0v) is 13.2. The highest BCUT2D eigenvalue weighted by atomic mass is 32.2. The van der Waals surface area contributed by atoms with Crippen LogP contribution in [-0.4, -0.2) is 37.4 Å². The standard InChI is InChI=1S/C14H15N3O5S/c1-23(19,20)10-6-4-9(5-7-10)12(18)15-14-17-16-13(22-14)11-3-2-8-21-11/h4-7,11H,2-3,8H2,1H3,(H,15,17,18)/t11-/m0/s1. The molecule has 1 aliphatic heterocycles. The predicted octanol–water partition coefficient (Wildman–Crippen LogP) is 1.58. The summed E-state index contributed by atoms with van der Waals surface area (Å²) < 4.78 is 33.6. The molecule has 8 nitrogen and oxygen atoms in total. The second-order valence-electron chi connectivity index (χ2n) is 5.20. The molecule has 1 fully saturated rings. The molecule has 0 bridgehead atoms. The van der Waals surface area contributed by atoms with Gasteiger partial charge in [-0.25, -0.2) is 8.42 Å². The molecule has 0 radical (unpaired) electrons. The monoisotopic (exact) mass is 337 g/mol. The molecular formula is C14H15N3O5S. The molecule has 23 heavy (non-hydrogen) atoms. The van der Waals surface area contributed by atoms with E-state index >= 15 is 0 Å². The lowest BCUT2D eigenvalue weighted by Gasteiger charge is -2.03. The van der Waals surface area contributed by atoms with Crippen LogP contribution in [0.4, 0.5) is 6.01 Å². The number of nitrogens with one attached hydrogen (secondary N) is 1. The topological polar surface area (TPSA) is 111 Å². The maximum absolute atomic E-state index is 12.1. The van der Waals surface area contributed by atoms with Crippen LogP contribution >= 0.6 is 0 Å². The molecule has 122 valence electrons. The van der Waals surface area contributed by atoms with Gasteiger partial charge < -0.3 is 9.15 Å². The number of carbonyl (C=O) groups is 1. The Balaban J connectivity index is 1.69. The summed E-state index contributed by atoms with van der Waals surface area (Å²) in [6, 6.07) is 5.56. The lowest BCUT2D eigenvalue weighted by atomic mass is 10.2. The van der Waals surface area contributed by atoms with Gasteiger partial charge in [0.1, 0.15) is 6.10 Å². The molecule has 3 rings (SSSR count). The van der Waals surface area contributed by atoms with Gasteiger partial charge in [0.05, 0.1) is 4.90 Å². The molecule has 1 aromatic carbocycles. The molecule has 1 N–H and O–H groups in total. The highest BCUT2D eigenvalue weighted by Gasteiger charge is 2.24. The summed E-state index contributed by atoms with van der Waals surface area (Å²) in [5.74, 6) is -0.127. The number of nitrogens with zero attached hydrogens (tertiary/aromatic N) is 2. The van der Waals surface area contributed by atoms with Crippen LogP contribution in [0.5, 0.6) is 0 Å². The third-order valence-corrected chi connectivity index (χ3v) is 4.54.